The zero-order chi connectivity index (χ0) is 20.5. The Bertz CT molecular complexity index is 1410. The highest BCUT2D eigenvalue weighted by atomic mass is 32.2. The molecule has 0 bridgehead atoms. The number of fused-ring (bicyclic) bond motifs is 3. The van der Waals surface area contributed by atoms with Crippen molar-refractivity contribution in [1.29, 1.82) is 0 Å². The maximum atomic E-state index is 12.2. The van der Waals surface area contributed by atoms with Crippen molar-refractivity contribution >= 4 is 33.5 Å². The Morgan fingerprint density at radius 2 is 1.77 bits per heavy atom. The average Bonchev–Trinajstić information content (AvgIpc) is 3.20. The van der Waals surface area contributed by atoms with E-state index in [1.807, 2.05) is 54.6 Å². The standard InChI is InChI=1S/C24H19N3O2S/c1-2-27-23(17-9-4-3-5-10-17)25-26-24(27)30-15-18-14-21(28)29-20-13-12-16-8-6-7-11-19(16)22(18)20/h3-14H,2,15H2,1H3. The number of rotatable bonds is 5. The number of thioether (sulfide) groups is 1. The third kappa shape index (κ3) is 3.29. The molecular formula is C24H19N3O2S. The smallest absolute Gasteiger partial charge is 0.336 e. The normalized spacial score (nSPS) is 11.4. The molecule has 0 unspecified atom stereocenters. The van der Waals surface area contributed by atoms with E-state index < -0.39 is 0 Å². The molecule has 0 fully saturated rings. The van der Waals surface area contributed by atoms with E-state index in [4.69, 9.17) is 4.42 Å². The fourth-order valence-electron chi connectivity index (χ4n) is 3.76. The van der Waals surface area contributed by atoms with Crippen LogP contribution in [0.1, 0.15) is 12.5 Å². The fraction of sp³-hybridized carbons (Fsp3) is 0.125. The van der Waals surface area contributed by atoms with E-state index in [9.17, 15) is 4.79 Å². The Morgan fingerprint density at radius 3 is 2.60 bits per heavy atom. The Labute approximate surface area is 177 Å². The first-order valence-corrected chi connectivity index (χ1v) is 10.8. The summed E-state index contributed by atoms with van der Waals surface area (Å²) in [5.41, 5.74) is 2.25. The van der Waals surface area contributed by atoms with Gasteiger partial charge >= 0.3 is 5.63 Å². The summed E-state index contributed by atoms with van der Waals surface area (Å²) in [6, 6.07) is 23.6. The summed E-state index contributed by atoms with van der Waals surface area (Å²) in [7, 11) is 0. The minimum absolute atomic E-state index is 0.338. The van der Waals surface area contributed by atoms with Crippen LogP contribution in [0.25, 0.3) is 33.1 Å². The van der Waals surface area contributed by atoms with Gasteiger partial charge in [-0.15, -0.1) is 10.2 Å². The lowest BCUT2D eigenvalue weighted by molar-refractivity contribution is 0.560. The van der Waals surface area contributed by atoms with E-state index in [0.29, 0.717) is 11.3 Å². The van der Waals surface area contributed by atoms with E-state index >= 15 is 0 Å². The topological polar surface area (TPSA) is 60.9 Å². The molecule has 0 saturated carbocycles. The third-order valence-corrected chi connectivity index (χ3v) is 6.15. The molecule has 5 nitrogen and oxygen atoms in total. The number of hydrogen-bond acceptors (Lipinski definition) is 5. The van der Waals surface area contributed by atoms with E-state index in [2.05, 4.69) is 33.8 Å². The first-order chi connectivity index (χ1) is 14.7. The highest BCUT2D eigenvalue weighted by Crippen LogP contribution is 2.32. The van der Waals surface area contributed by atoms with E-state index in [1.165, 1.54) is 0 Å². The van der Waals surface area contributed by atoms with Crippen molar-refractivity contribution in [2.45, 2.75) is 24.4 Å². The summed E-state index contributed by atoms with van der Waals surface area (Å²) in [5.74, 6) is 1.45. The van der Waals surface area contributed by atoms with Crippen molar-refractivity contribution in [3.05, 3.63) is 88.8 Å². The SMILES string of the molecule is CCn1c(SCc2cc(=O)oc3ccc4ccccc4c23)nnc1-c1ccccc1. The minimum atomic E-state index is -0.338. The predicted octanol–water partition coefficient (Wildman–Crippen LogP) is 5.52. The molecule has 0 aliphatic heterocycles. The molecule has 0 radical (unpaired) electrons. The van der Waals surface area contributed by atoms with Crippen LogP contribution in [0.3, 0.4) is 0 Å². The van der Waals surface area contributed by atoms with Gasteiger partial charge in [0, 0.05) is 29.3 Å². The van der Waals surface area contributed by atoms with E-state index in [0.717, 1.165) is 44.8 Å². The summed E-state index contributed by atoms with van der Waals surface area (Å²) in [6.07, 6.45) is 0. The third-order valence-electron chi connectivity index (χ3n) is 5.14. The summed E-state index contributed by atoms with van der Waals surface area (Å²) >= 11 is 1.58. The zero-order valence-corrected chi connectivity index (χ0v) is 17.2. The minimum Gasteiger partial charge on any atom is -0.423 e. The Morgan fingerprint density at radius 1 is 0.967 bits per heavy atom. The molecule has 0 aliphatic carbocycles. The van der Waals surface area contributed by atoms with E-state index in [-0.39, 0.29) is 5.63 Å². The van der Waals surface area contributed by atoms with Crippen LogP contribution in [-0.2, 0) is 12.3 Å². The molecule has 5 aromatic rings. The zero-order valence-electron chi connectivity index (χ0n) is 16.4. The molecule has 3 aromatic carbocycles. The van der Waals surface area contributed by atoms with Crippen molar-refractivity contribution in [2.75, 3.05) is 0 Å². The molecule has 0 saturated heterocycles. The summed E-state index contributed by atoms with van der Waals surface area (Å²) in [6.45, 7) is 2.85. The lowest BCUT2D eigenvalue weighted by Gasteiger charge is -2.10. The second kappa shape index (κ2) is 7.80. The molecule has 2 heterocycles. The van der Waals surface area contributed by atoms with Gasteiger partial charge in [-0.25, -0.2) is 4.79 Å². The maximum Gasteiger partial charge on any atom is 0.336 e. The Kier molecular flexibility index (Phi) is 4.85. The highest BCUT2D eigenvalue weighted by Gasteiger charge is 2.15. The molecule has 6 heteroatoms. The van der Waals surface area contributed by atoms with Gasteiger partial charge in [0.15, 0.2) is 11.0 Å². The number of hydrogen-bond donors (Lipinski definition) is 0. The molecule has 0 N–H and O–H groups in total. The second-order valence-electron chi connectivity index (χ2n) is 6.96. The van der Waals surface area contributed by atoms with Gasteiger partial charge in [-0.1, -0.05) is 72.4 Å². The van der Waals surface area contributed by atoms with Crippen LogP contribution < -0.4 is 5.63 Å². The van der Waals surface area contributed by atoms with Crippen LogP contribution in [0.4, 0.5) is 0 Å². The van der Waals surface area contributed by atoms with Crippen molar-refractivity contribution in [3.63, 3.8) is 0 Å². The first kappa shape index (κ1) is 18.6. The molecule has 0 amide bonds. The van der Waals surface area contributed by atoms with Crippen molar-refractivity contribution < 1.29 is 4.42 Å². The van der Waals surface area contributed by atoms with Gasteiger partial charge in [-0.05, 0) is 29.3 Å². The van der Waals surface area contributed by atoms with Crippen LogP contribution in [0.2, 0.25) is 0 Å². The van der Waals surface area contributed by atoms with Crippen molar-refractivity contribution in [2.24, 2.45) is 0 Å². The Hall–Kier alpha value is -3.38. The largest absolute Gasteiger partial charge is 0.423 e. The van der Waals surface area contributed by atoms with Crippen LogP contribution in [0.15, 0.2) is 87.2 Å². The van der Waals surface area contributed by atoms with Gasteiger partial charge in [0.2, 0.25) is 0 Å². The number of nitrogens with zero attached hydrogens (tertiary/aromatic N) is 3. The molecule has 30 heavy (non-hydrogen) atoms. The molecule has 5 rings (SSSR count). The number of benzene rings is 3. The molecule has 0 atom stereocenters. The lowest BCUT2D eigenvalue weighted by atomic mass is 10.0. The van der Waals surface area contributed by atoms with Crippen molar-refractivity contribution in [3.8, 4) is 11.4 Å². The van der Waals surface area contributed by atoms with Crippen molar-refractivity contribution in [1.82, 2.24) is 14.8 Å². The predicted molar refractivity (Wildman–Crippen MR) is 121 cm³/mol. The van der Waals surface area contributed by atoms with Crippen LogP contribution in [-0.4, -0.2) is 14.8 Å². The lowest BCUT2D eigenvalue weighted by Crippen LogP contribution is -2.02. The molecule has 0 aliphatic rings. The van der Waals surface area contributed by atoms with Gasteiger partial charge in [0.25, 0.3) is 0 Å². The van der Waals surface area contributed by atoms with Gasteiger partial charge in [-0.3, -0.25) is 0 Å². The monoisotopic (exact) mass is 413 g/mol. The fourth-order valence-corrected chi connectivity index (χ4v) is 4.74. The van der Waals surface area contributed by atoms with Gasteiger partial charge < -0.3 is 8.98 Å². The second-order valence-corrected chi connectivity index (χ2v) is 7.90. The van der Waals surface area contributed by atoms with Crippen LogP contribution in [0, 0.1) is 0 Å². The molecule has 148 valence electrons. The van der Waals surface area contributed by atoms with Gasteiger partial charge in [0.1, 0.15) is 5.58 Å². The molecule has 0 spiro atoms. The number of aromatic nitrogens is 3. The first-order valence-electron chi connectivity index (χ1n) is 9.80. The maximum absolute atomic E-state index is 12.2. The summed E-state index contributed by atoms with van der Waals surface area (Å²) < 4.78 is 7.57. The van der Waals surface area contributed by atoms with Crippen LogP contribution >= 0.6 is 11.8 Å². The Balaban J connectivity index is 1.55. The van der Waals surface area contributed by atoms with Crippen LogP contribution in [0.5, 0.6) is 0 Å². The van der Waals surface area contributed by atoms with E-state index in [1.54, 1.807) is 17.8 Å². The summed E-state index contributed by atoms with van der Waals surface area (Å²) in [5, 5.41) is 12.8. The van der Waals surface area contributed by atoms with Gasteiger partial charge in [0.05, 0.1) is 0 Å². The summed E-state index contributed by atoms with van der Waals surface area (Å²) in [4.78, 5) is 12.2. The average molecular weight is 414 g/mol. The highest BCUT2D eigenvalue weighted by molar-refractivity contribution is 7.98. The molecular weight excluding hydrogens is 394 g/mol. The molecule has 2 aromatic heterocycles. The quantitative estimate of drug-likeness (QED) is 0.216. The van der Waals surface area contributed by atoms with Gasteiger partial charge in [-0.2, -0.15) is 0 Å².